The molecule has 1 saturated heterocycles. The summed E-state index contributed by atoms with van der Waals surface area (Å²) in [4.78, 5) is 17.3. The summed E-state index contributed by atoms with van der Waals surface area (Å²) in [6, 6.07) is 5.70. The van der Waals surface area contributed by atoms with Gasteiger partial charge in [-0.25, -0.2) is 4.98 Å². The molecule has 7 heteroatoms. The fourth-order valence-electron chi connectivity index (χ4n) is 2.93. The number of anilines is 1. The van der Waals surface area contributed by atoms with Gasteiger partial charge in [0.15, 0.2) is 5.13 Å². The lowest BCUT2D eigenvalue weighted by Crippen LogP contribution is -2.47. The summed E-state index contributed by atoms with van der Waals surface area (Å²) in [5.74, 6) is 0.778. The largest absolute Gasteiger partial charge is 0.497 e. The molecule has 124 valence electrons. The molecule has 6 nitrogen and oxygen atoms in total. The highest BCUT2D eigenvalue weighted by atomic mass is 32.1. The Morgan fingerprint density at radius 2 is 2.17 bits per heavy atom. The minimum atomic E-state index is -0.477. The van der Waals surface area contributed by atoms with Crippen LogP contribution in [-0.2, 0) is 9.53 Å². The van der Waals surface area contributed by atoms with Gasteiger partial charge in [0.2, 0.25) is 5.91 Å². The zero-order valence-electron chi connectivity index (χ0n) is 13.3. The molecule has 1 aromatic carbocycles. The predicted molar refractivity (Wildman–Crippen MR) is 91.2 cm³/mol. The maximum absolute atomic E-state index is 12.8. The topological polar surface area (TPSA) is 72.5 Å². The third-order valence-electron chi connectivity index (χ3n) is 4.28. The second-order valence-corrected chi connectivity index (χ2v) is 6.80. The third-order valence-corrected chi connectivity index (χ3v) is 5.21. The van der Waals surface area contributed by atoms with Crippen LogP contribution in [0.4, 0.5) is 5.13 Å². The number of aromatic nitrogens is 1. The molecule has 0 saturated carbocycles. The number of thiazole rings is 1. The van der Waals surface area contributed by atoms with Crippen molar-refractivity contribution in [2.24, 2.45) is 5.41 Å². The first kappa shape index (κ1) is 16.2. The number of nitrogens with zero attached hydrogens (tertiary/aromatic N) is 1. The van der Waals surface area contributed by atoms with Gasteiger partial charge in [0.05, 0.1) is 29.3 Å². The second-order valence-electron chi connectivity index (χ2n) is 5.77. The van der Waals surface area contributed by atoms with E-state index in [2.05, 4.69) is 15.6 Å². The molecular weight excluding hydrogens is 314 g/mol. The van der Waals surface area contributed by atoms with Crippen LogP contribution in [0, 0.1) is 5.41 Å². The van der Waals surface area contributed by atoms with Crippen molar-refractivity contribution in [3.05, 3.63) is 18.2 Å². The van der Waals surface area contributed by atoms with E-state index in [0.29, 0.717) is 11.7 Å². The van der Waals surface area contributed by atoms with Crippen molar-refractivity contribution in [3.63, 3.8) is 0 Å². The van der Waals surface area contributed by atoms with Crippen LogP contribution in [0.15, 0.2) is 18.2 Å². The summed E-state index contributed by atoms with van der Waals surface area (Å²) in [5.41, 5.74) is 0.382. The number of carbonyl (C=O) groups is 1. The van der Waals surface area contributed by atoms with Gasteiger partial charge < -0.3 is 20.1 Å². The quantitative estimate of drug-likeness (QED) is 0.877. The SMILES string of the molecule is COCC1(C(=O)Nc2nc3ccc(OC)cc3s2)CCNCC1. The molecule has 1 aliphatic heterocycles. The molecule has 23 heavy (non-hydrogen) atoms. The number of carbonyl (C=O) groups excluding carboxylic acids is 1. The van der Waals surface area contributed by atoms with Gasteiger partial charge in [0.25, 0.3) is 0 Å². The van der Waals surface area contributed by atoms with E-state index in [4.69, 9.17) is 9.47 Å². The third kappa shape index (κ3) is 3.31. The van der Waals surface area contributed by atoms with Gasteiger partial charge in [-0.1, -0.05) is 11.3 Å². The van der Waals surface area contributed by atoms with Crippen molar-refractivity contribution < 1.29 is 14.3 Å². The van der Waals surface area contributed by atoms with Gasteiger partial charge in [0.1, 0.15) is 5.75 Å². The molecular formula is C16H21N3O3S. The summed E-state index contributed by atoms with van der Waals surface area (Å²) < 4.78 is 11.5. The van der Waals surface area contributed by atoms with E-state index < -0.39 is 5.41 Å². The van der Waals surface area contributed by atoms with Gasteiger partial charge in [-0.05, 0) is 44.1 Å². The Hall–Kier alpha value is -1.70. The lowest BCUT2D eigenvalue weighted by molar-refractivity contribution is -0.130. The lowest BCUT2D eigenvalue weighted by Gasteiger charge is -2.35. The molecule has 1 fully saturated rings. The van der Waals surface area contributed by atoms with Crippen LogP contribution in [0.5, 0.6) is 5.75 Å². The molecule has 0 atom stereocenters. The molecule has 1 aliphatic rings. The van der Waals surface area contributed by atoms with E-state index in [1.807, 2.05) is 18.2 Å². The van der Waals surface area contributed by atoms with E-state index in [1.165, 1.54) is 11.3 Å². The summed E-state index contributed by atoms with van der Waals surface area (Å²) in [6.07, 6.45) is 1.54. The zero-order chi connectivity index (χ0) is 16.3. The number of ether oxygens (including phenoxy) is 2. The molecule has 2 heterocycles. The normalized spacial score (nSPS) is 17.1. The number of benzene rings is 1. The Morgan fingerprint density at radius 1 is 1.39 bits per heavy atom. The van der Waals surface area contributed by atoms with E-state index in [1.54, 1.807) is 14.2 Å². The molecule has 0 unspecified atom stereocenters. The van der Waals surface area contributed by atoms with Crippen molar-refractivity contribution in [1.82, 2.24) is 10.3 Å². The first-order valence-electron chi connectivity index (χ1n) is 7.62. The van der Waals surface area contributed by atoms with Crippen molar-refractivity contribution >= 4 is 32.6 Å². The fourth-order valence-corrected chi connectivity index (χ4v) is 3.82. The van der Waals surface area contributed by atoms with Crippen LogP contribution in [0.2, 0.25) is 0 Å². The van der Waals surface area contributed by atoms with Crippen molar-refractivity contribution in [3.8, 4) is 5.75 Å². The molecule has 0 aliphatic carbocycles. The molecule has 0 bridgehead atoms. The summed E-state index contributed by atoms with van der Waals surface area (Å²) >= 11 is 1.46. The monoisotopic (exact) mass is 335 g/mol. The summed E-state index contributed by atoms with van der Waals surface area (Å²) in [5, 5.41) is 6.89. The minimum Gasteiger partial charge on any atom is -0.497 e. The van der Waals surface area contributed by atoms with Crippen LogP contribution in [0.1, 0.15) is 12.8 Å². The average Bonchev–Trinajstić information content (AvgIpc) is 2.97. The molecule has 0 spiro atoms. The highest BCUT2D eigenvalue weighted by Gasteiger charge is 2.40. The number of methoxy groups -OCH3 is 2. The van der Waals surface area contributed by atoms with Gasteiger partial charge in [-0.3, -0.25) is 4.79 Å². The average molecular weight is 335 g/mol. The molecule has 1 amide bonds. The van der Waals surface area contributed by atoms with Crippen LogP contribution < -0.4 is 15.4 Å². The Morgan fingerprint density at radius 3 is 2.87 bits per heavy atom. The van der Waals surface area contributed by atoms with Crippen LogP contribution in [0.3, 0.4) is 0 Å². The Bertz CT molecular complexity index is 689. The maximum atomic E-state index is 12.8. The van der Waals surface area contributed by atoms with Crippen molar-refractivity contribution in [2.75, 3.05) is 39.2 Å². The molecule has 2 aromatic rings. The van der Waals surface area contributed by atoms with E-state index in [9.17, 15) is 4.79 Å². The number of nitrogens with one attached hydrogen (secondary N) is 2. The standard InChI is InChI=1S/C16H21N3O3S/c1-21-10-16(5-7-17-8-6-16)14(20)19-15-18-12-4-3-11(22-2)9-13(12)23-15/h3-4,9,17H,5-8,10H2,1-2H3,(H,18,19,20). The molecule has 1 aromatic heterocycles. The number of amides is 1. The highest BCUT2D eigenvalue weighted by molar-refractivity contribution is 7.22. The van der Waals surface area contributed by atoms with E-state index in [0.717, 1.165) is 41.9 Å². The minimum absolute atomic E-state index is 0.00753. The number of hydrogen-bond donors (Lipinski definition) is 2. The smallest absolute Gasteiger partial charge is 0.234 e. The Labute approximate surface area is 139 Å². The predicted octanol–water partition coefficient (Wildman–Crippen LogP) is 2.26. The molecule has 2 N–H and O–H groups in total. The van der Waals surface area contributed by atoms with Crippen LogP contribution in [0.25, 0.3) is 10.2 Å². The van der Waals surface area contributed by atoms with Gasteiger partial charge in [-0.15, -0.1) is 0 Å². The maximum Gasteiger partial charge on any atom is 0.234 e. The van der Waals surface area contributed by atoms with Crippen molar-refractivity contribution in [2.45, 2.75) is 12.8 Å². The highest BCUT2D eigenvalue weighted by Crippen LogP contribution is 2.33. The van der Waals surface area contributed by atoms with Crippen LogP contribution in [-0.4, -0.2) is 44.8 Å². The second kappa shape index (κ2) is 6.82. The lowest BCUT2D eigenvalue weighted by atomic mass is 9.79. The van der Waals surface area contributed by atoms with Crippen molar-refractivity contribution in [1.29, 1.82) is 0 Å². The zero-order valence-corrected chi connectivity index (χ0v) is 14.2. The Balaban J connectivity index is 1.80. The van der Waals surface area contributed by atoms with Gasteiger partial charge in [-0.2, -0.15) is 0 Å². The first-order chi connectivity index (χ1) is 11.2. The fraction of sp³-hybridized carbons (Fsp3) is 0.500. The number of fused-ring (bicyclic) bond motifs is 1. The summed E-state index contributed by atoms with van der Waals surface area (Å²) in [6.45, 7) is 2.08. The van der Waals surface area contributed by atoms with Gasteiger partial charge in [0, 0.05) is 7.11 Å². The molecule has 0 radical (unpaired) electrons. The number of hydrogen-bond acceptors (Lipinski definition) is 6. The van der Waals surface area contributed by atoms with Gasteiger partial charge >= 0.3 is 0 Å². The number of piperidine rings is 1. The first-order valence-corrected chi connectivity index (χ1v) is 8.44. The molecule has 3 rings (SSSR count). The van der Waals surface area contributed by atoms with Crippen LogP contribution >= 0.6 is 11.3 Å². The summed E-state index contributed by atoms with van der Waals surface area (Å²) in [7, 11) is 3.28. The number of rotatable bonds is 5. The van der Waals surface area contributed by atoms with E-state index >= 15 is 0 Å². The van der Waals surface area contributed by atoms with E-state index in [-0.39, 0.29) is 5.91 Å². The Kier molecular flexibility index (Phi) is 4.79.